The van der Waals surface area contributed by atoms with Gasteiger partial charge in [-0.15, -0.1) is 0 Å². The predicted molar refractivity (Wildman–Crippen MR) is 159 cm³/mol. The molecular formula is C34H25NO9. The first-order valence-corrected chi connectivity index (χ1v) is 13.7. The Morgan fingerprint density at radius 1 is 0.750 bits per heavy atom. The van der Waals surface area contributed by atoms with Crippen LogP contribution in [0.4, 0.5) is 0 Å². The fourth-order valence-corrected chi connectivity index (χ4v) is 5.25. The molecule has 2 aromatic heterocycles. The second kappa shape index (κ2) is 10.4. The molecule has 7 rings (SSSR count). The van der Waals surface area contributed by atoms with E-state index in [4.69, 9.17) is 23.2 Å². The topological polar surface area (TPSA) is 145 Å². The minimum Gasteiger partial charge on any atom is -0.508 e. The van der Waals surface area contributed by atoms with Gasteiger partial charge >= 0.3 is 0 Å². The van der Waals surface area contributed by atoms with E-state index >= 15 is 0 Å². The second-order valence-electron chi connectivity index (χ2n) is 10.5. The lowest BCUT2D eigenvalue weighted by Gasteiger charge is -2.33. The van der Waals surface area contributed by atoms with Crippen LogP contribution in [0.25, 0.3) is 33.6 Å². The van der Waals surface area contributed by atoms with E-state index in [-0.39, 0.29) is 39.7 Å². The second-order valence-corrected chi connectivity index (χ2v) is 10.5. The van der Waals surface area contributed by atoms with Gasteiger partial charge < -0.3 is 38.5 Å². The first-order valence-electron chi connectivity index (χ1n) is 13.7. The zero-order valence-electron chi connectivity index (χ0n) is 23.5. The summed E-state index contributed by atoms with van der Waals surface area (Å²) in [7, 11) is 1.46. The highest BCUT2D eigenvalue weighted by Gasteiger charge is 2.37. The molecule has 6 aromatic rings. The Morgan fingerprint density at radius 2 is 1.52 bits per heavy atom. The van der Waals surface area contributed by atoms with E-state index in [9.17, 15) is 20.1 Å². The molecule has 3 heterocycles. The van der Waals surface area contributed by atoms with Crippen LogP contribution in [0, 0.1) is 6.92 Å². The summed E-state index contributed by atoms with van der Waals surface area (Å²) in [5.74, 6) is 1.15. The average Bonchev–Trinajstić information content (AvgIpc) is 3.50. The molecule has 1 aliphatic heterocycles. The number of hydrogen-bond donors (Lipinski definition) is 3. The van der Waals surface area contributed by atoms with E-state index < -0.39 is 17.6 Å². The minimum absolute atomic E-state index is 0.0290. The highest BCUT2D eigenvalue weighted by molar-refractivity contribution is 5.86. The van der Waals surface area contributed by atoms with Gasteiger partial charge in [0.25, 0.3) is 0 Å². The van der Waals surface area contributed by atoms with Crippen LogP contribution in [-0.2, 0) is 0 Å². The third-order valence-electron chi connectivity index (χ3n) is 7.49. The quantitative estimate of drug-likeness (QED) is 0.196. The number of methoxy groups -OCH3 is 1. The number of hydrogen-bond acceptors (Lipinski definition) is 10. The van der Waals surface area contributed by atoms with Gasteiger partial charge in [-0.1, -0.05) is 41.1 Å². The number of rotatable bonds is 5. The summed E-state index contributed by atoms with van der Waals surface area (Å²) < 4.78 is 29.9. The van der Waals surface area contributed by atoms with Gasteiger partial charge in [0.05, 0.1) is 7.11 Å². The number of aromatic hydroxyl groups is 3. The van der Waals surface area contributed by atoms with Crippen LogP contribution in [0.15, 0.2) is 98.7 Å². The molecule has 0 bridgehead atoms. The van der Waals surface area contributed by atoms with Crippen LogP contribution in [0.2, 0.25) is 0 Å². The molecule has 0 saturated carbocycles. The van der Waals surface area contributed by atoms with E-state index in [1.807, 2.05) is 31.2 Å². The summed E-state index contributed by atoms with van der Waals surface area (Å²) in [4.78, 5) is 12.8. The third-order valence-corrected chi connectivity index (χ3v) is 7.49. The van der Waals surface area contributed by atoms with E-state index in [0.29, 0.717) is 34.1 Å². The van der Waals surface area contributed by atoms with Crippen molar-refractivity contribution in [1.29, 1.82) is 0 Å². The molecule has 0 aliphatic carbocycles. The smallest absolute Gasteiger partial charge is 0.197 e. The van der Waals surface area contributed by atoms with Gasteiger partial charge in [-0.05, 0) is 37.3 Å². The van der Waals surface area contributed by atoms with Crippen LogP contribution < -0.4 is 19.6 Å². The molecule has 0 amide bonds. The van der Waals surface area contributed by atoms with Crippen molar-refractivity contribution >= 4 is 11.0 Å². The molecule has 1 aliphatic rings. The minimum atomic E-state index is -0.749. The lowest BCUT2D eigenvalue weighted by molar-refractivity contribution is 0.0142. The molecule has 0 fully saturated rings. The largest absolute Gasteiger partial charge is 0.508 e. The van der Waals surface area contributed by atoms with Gasteiger partial charge in [0.15, 0.2) is 46.4 Å². The molecular weight excluding hydrogens is 566 g/mol. The fourth-order valence-electron chi connectivity index (χ4n) is 5.25. The van der Waals surface area contributed by atoms with Crippen molar-refractivity contribution < 1.29 is 38.5 Å². The third kappa shape index (κ3) is 4.72. The molecule has 10 heteroatoms. The Bertz CT molecular complexity index is 2100. The van der Waals surface area contributed by atoms with Crippen LogP contribution in [-0.4, -0.2) is 27.6 Å². The van der Waals surface area contributed by atoms with Gasteiger partial charge in [0.2, 0.25) is 0 Å². The number of nitrogens with zero attached hydrogens (tertiary/aromatic N) is 1. The zero-order valence-corrected chi connectivity index (χ0v) is 23.5. The number of phenols is 3. The van der Waals surface area contributed by atoms with E-state index in [1.165, 1.54) is 25.3 Å². The molecule has 220 valence electrons. The first-order chi connectivity index (χ1) is 21.3. The summed E-state index contributed by atoms with van der Waals surface area (Å²) in [6, 6.07) is 23.2. The summed E-state index contributed by atoms with van der Waals surface area (Å²) in [6.07, 6.45) is -1.49. The highest BCUT2D eigenvalue weighted by Crippen LogP contribution is 2.48. The molecule has 2 atom stereocenters. The standard InChI is InChI=1S/C34H25NO9/c1-17-3-5-18(6-4-17)28-15-22(35-44-28)34-33(20-7-9-23(37)29(12-20)40-2)43-30-11-19(8-10-26(30)42-34)27-16-25(39)32-24(38)13-21(36)14-31(32)41-27/h3-16,33-34,36-38H,1-2H3. The van der Waals surface area contributed by atoms with Crippen molar-refractivity contribution in [1.82, 2.24) is 5.16 Å². The predicted octanol–water partition coefficient (Wildman–Crippen LogP) is 6.80. The summed E-state index contributed by atoms with van der Waals surface area (Å²) in [6.45, 7) is 2.01. The van der Waals surface area contributed by atoms with E-state index in [1.54, 1.807) is 36.4 Å². The molecule has 44 heavy (non-hydrogen) atoms. The molecule has 3 N–H and O–H groups in total. The molecule has 0 spiro atoms. The number of ether oxygens (including phenoxy) is 3. The number of aromatic nitrogens is 1. The number of phenolic OH excluding ortho intramolecular Hbond substituents is 3. The summed E-state index contributed by atoms with van der Waals surface area (Å²) >= 11 is 0. The number of benzene rings is 4. The summed E-state index contributed by atoms with van der Waals surface area (Å²) in [5.41, 5.74) is 3.17. The highest BCUT2D eigenvalue weighted by atomic mass is 16.6. The lowest BCUT2D eigenvalue weighted by Crippen LogP contribution is -2.26. The van der Waals surface area contributed by atoms with Crippen LogP contribution in [0.1, 0.15) is 29.0 Å². The molecule has 10 nitrogen and oxygen atoms in total. The monoisotopic (exact) mass is 591 g/mol. The Kier molecular flexibility index (Phi) is 6.39. The SMILES string of the molecule is COc1cc(C2Oc3cc(-c4cc(=O)c5c(O)cc(O)cc5o4)ccc3OC2c2cc(-c3ccc(C)cc3)on2)ccc1O. The van der Waals surface area contributed by atoms with Crippen LogP contribution in [0.5, 0.6) is 34.5 Å². The van der Waals surface area contributed by atoms with Crippen molar-refractivity contribution in [2.75, 3.05) is 7.11 Å². The van der Waals surface area contributed by atoms with Gasteiger partial charge in [0.1, 0.15) is 33.9 Å². The Labute approximate surface area is 249 Å². The van der Waals surface area contributed by atoms with Gasteiger partial charge in [-0.3, -0.25) is 4.79 Å². The Morgan fingerprint density at radius 3 is 2.32 bits per heavy atom. The van der Waals surface area contributed by atoms with Crippen LogP contribution >= 0.6 is 0 Å². The van der Waals surface area contributed by atoms with Crippen molar-refractivity contribution in [2.45, 2.75) is 19.1 Å². The molecule has 0 saturated heterocycles. The van der Waals surface area contributed by atoms with Crippen molar-refractivity contribution in [2.24, 2.45) is 0 Å². The molecule has 4 aromatic carbocycles. The lowest BCUT2D eigenvalue weighted by atomic mass is 9.98. The van der Waals surface area contributed by atoms with E-state index in [2.05, 4.69) is 5.16 Å². The van der Waals surface area contributed by atoms with Gasteiger partial charge in [-0.2, -0.15) is 0 Å². The molecule has 0 radical (unpaired) electrons. The van der Waals surface area contributed by atoms with Crippen LogP contribution in [0.3, 0.4) is 0 Å². The van der Waals surface area contributed by atoms with Gasteiger partial charge in [-0.25, -0.2) is 0 Å². The first kappa shape index (κ1) is 27.0. The van der Waals surface area contributed by atoms with Crippen molar-refractivity contribution in [3.8, 4) is 57.1 Å². The Balaban J connectivity index is 1.30. The maximum atomic E-state index is 12.8. The van der Waals surface area contributed by atoms with E-state index in [0.717, 1.165) is 17.2 Å². The fraction of sp³-hybridized carbons (Fsp3) is 0.118. The number of fused-ring (bicyclic) bond motifs is 2. The Hall–Kier alpha value is -5.90. The maximum absolute atomic E-state index is 12.8. The number of aryl methyl sites for hydroxylation is 1. The zero-order chi connectivity index (χ0) is 30.5. The van der Waals surface area contributed by atoms with Crippen molar-refractivity contribution in [3.05, 3.63) is 112 Å². The van der Waals surface area contributed by atoms with Crippen molar-refractivity contribution in [3.63, 3.8) is 0 Å². The van der Waals surface area contributed by atoms with Gasteiger partial charge in [0, 0.05) is 41.0 Å². The summed E-state index contributed by atoms with van der Waals surface area (Å²) in [5, 5.41) is 34.6. The molecule has 2 unspecified atom stereocenters. The maximum Gasteiger partial charge on any atom is 0.197 e. The average molecular weight is 592 g/mol. The normalized spacial score (nSPS) is 15.8.